The summed E-state index contributed by atoms with van der Waals surface area (Å²) in [7, 11) is -2.68. The van der Waals surface area contributed by atoms with Crippen molar-refractivity contribution in [3.63, 3.8) is 0 Å². The van der Waals surface area contributed by atoms with Crippen LogP contribution in [-0.4, -0.2) is 44.2 Å². The van der Waals surface area contributed by atoms with Gasteiger partial charge in [-0.05, 0) is 50.1 Å². The van der Waals surface area contributed by atoms with Crippen LogP contribution >= 0.6 is 11.6 Å². The number of halogens is 1. The van der Waals surface area contributed by atoms with Gasteiger partial charge in [-0.2, -0.15) is 4.31 Å². The topological polar surface area (TPSA) is 105 Å². The first-order chi connectivity index (χ1) is 14.0. The molecule has 0 spiro atoms. The second-order valence-electron chi connectivity index (χ2n) is 7.16. The first kappa shape index (κ1) is 22.1. The summed E-state index contributed by atoms with van der Waals surface area (Å²) in [6, 6.07) is 8.05. The van der Waals surface area contributed by atoms with Crippen molar-refractivity contribution < 1.29 is 22.7 Å². The molecular weight excluding hydrogens is 430 g/mol. The third kappa shape index (κ3) is 4.43. The van der Waals surface area contributed by atoms with E-state index >= 15 is 0 Å². The Kier molecular flexibility index (Phi) is 6.07. The van der Waals surface area contributed by atoms with Gasteiger partial charge in [-0.3, -0.25) is 9.59 Å². The molecule has 0 bridgehead atoms. The highest BCUT2D eigenvalue weighted by Gasteiger charge is 2.30. The van der Waals surface area contributed by atoms with E-state index in [0.717, 1.165) is 9.87 Å². The fourth-order valence-corrected chi connectivity index (χ4v) is 4.61. The highest BCUT2D eigenvalue weighted by Crippen LogP contribution is 2.35. The van der Waals surface area contributed by atoms with Gasteiger partial charge in [-0.25, -0.2) is 8.42 Å². The molecule has 0 aliphatic carbocycles. The number of anilines is 2. The van der Waals surface area contributed by atoms with E-state index in [1.165, 1.54) is 19.2 Å². The number of sulfonamides is 1. The Morgan fingerprint density at radius 2 is 1.97 bits per heavy atom. The van der Waals surface area contributed by atoms with Crippen LogP contribution in [0.2, 0.25) is 5.02 Å². The minimum atomic E-state index is -3.99. The summed E-state index contributed by atoms with van der Waals surface area (Å²) in [4.78, 5) is 24.1. The van der Waals surface area contributed by atoms with Crippen LogP contribution in [0.5, 0.6) is 5.75 Å². The highest BCUT2D eigenvalue weighted by atomic mass is 35.5. The summed E-state index contributed by atoms with van der Waals surface area (Å²) in [6.07, 6.45) is -0.737. The van der Waals surface area contributed by atoms with E-state index in [2.05, 4.69) is 10.6 Å². The lowest BCUT2D eigenvalue weighted by atomic mass is 10.1. The number of carbonyl (C=O) groups is 2. The molecule has 0 unspecified atom stereocenters. The van der Waals surface area contributed by atoms with Gasteiger partial charge in [0, 0.05) is 13.1 Å². The number of nitrogens with zero attached hydrogens (tertiary/aromatic N) is 1. The molecular formula is C20H22ClN3O5S. The molecule has 3 rings (SSSR count). The monoisotopic (exact) mass is 451 g/mol. The van der Waals surface area contributed by atoms with Gasteiger partial charge in [0.15, 0.2) is 6.10 Å². The zero-order valence-corrected chi connectivity index (χ0v) is 18.5. The van der Waals surface area contributed by atoms with Gasteiger partial charge in [0.1, 0.15) is 5.75 Å². The van der Waals surface area contributed by atoms with Crippen molar-refractivity contribution in [3.05, 3.63) is 46.5 Å². The average molecular weight is 452 g/mol. The second kappa shape index (κ2) is 8.25. The van der Waals surface area contributed by atoms with Gasteiger partial charge in [0.25, 0.3) is 5.91 Å². The van der Waals surface area contributed by atoms with Crippen molar-refractivity contribution in [1.29, 1.82) is 0 Å². The third-order valence-corrected chi connectivity index (χ3v) is 6.92. The van der Waals surface area contributed by atoms with Crippen molar-refractivity contribution >= 4 is 44.8 Å². The van der Waals surface area contributed by atoms with Crippen molar-refractivity contribution in [2.75, 3.05) is 24.2 Å². The van der Waals surface area contributed by atoms with Gasteiger partial charge in [-0.1, -0.05) is 17.7 Å². The minimum Gasteiger partial charge on any atom is -0.479 e. The van der Waals surface area contributed by atoms with E-state index in [9.17, 15) is 18.0 Å². The quantitative estimate of drug-likeness (QED) is 0.727. The molecule has 0 saturated heterocycles. The smallest absolute Gasteiger partial charge is 0.265 e. The van der Waals surface area contributed by atoms with Crippen LogP contribution in [0.4, 0.5) is 11.4 Å². The number of aryl methyl sites for hydroxylation is 2. The fourth-order valence-electron chi connectivity index (χ4n) is 2.99. The summed E-state index contributed by atoms with van der Waals surface area (Å²) in [5, 5.41) is 5.66. The number of hydrogen-bond acceptors (Lipinski definition) is 5. The number of ether oxygens (including phenoxy) is 1. The minimum absolute atomic E-state index is 0.00623. The fraction of sp³-hybridized carbons (Fsp3) is 0.300. The van der Waals surface area contributed by atoms with Crippen LogP contribution < -0.4 is 15.4 Å². The van der Waals surface area contributed by atoms with Crippen LogP contribution in [0.25, 0.3) is 0 Å². The van der Waals surface area contributed by atoms with Crippen LogP contribution in [0.1, 0.15) is 18.1 Å². The Labute approximate surface area is 180 Å². The van der Waals surface area contributed by atoms with Crippen LogP contribution in [0.15, 0.2) is 35.2 Å². The zero-order valence-electron chi connectivity index (χ0n) is 16.9. The number of rotatable bonds is 5. The van der Waals surface area contributed by atoms with E-state index in [-0.39, 0.29) is 16.6 Å². The molecule has 2 amide bonds. The van der Waals surface area contributed by atoms with Gasteiger partial charge < -0.3 is 15.4 Å². The van der Waals surface area contributed by atoms with Crippen molar-refractivity contribution in [2.24, 2.45) is 0 Å². The molecule has 1 aliphatic rings. The molecule has 10 heteroatoms. The van der Waals surface area contributed by atoms with Crippen LogP contribution in [0.3, 0.4) is 0 Å². The largest absolute Gasteiger partial charge is 0.479 e. The molecule has 0 aromatic heterocycles. The molecule has 8 nitrogen and oxygen atoms in total. The number of amides is 2. The van der Waals surface area contributed by atoms with Crippen molar-refractivity contribution in [3.8, 4) is 5.75 Å². The summed E-state index contributed by atoms with van der Waals surface area (Å²) >= 11 is 6.12. The first-order valence-electron chi connectivity index (χ1n) is 9.13. The van der Waals surface area contributed by atoms with E-state index in [0.29, 0.717) is 22.0 Å². The Hall–Kier alpha value is -2.62. The highest BCUT2D eigenvalue weighted by molar-refractivity contribution is 7.89. The average Bonchev–Trinajstić information content (AvgIpc) is 2.64. The standard InChI is InChI=1S/C20H22ClN3O5S/c1-11-5-6-15(14(21)7-11)22-19(25)10-24(4)30(27,28)18-9-17-16(8-12(18)2)23-20(26)13(3)29-17/h5-9,13H,10H2,1-4H3,(H,22,25)(H,23,26)/t13-/m1/s1. The number of benzene rings is 2. The molecule has 0 saturated carbocycles. The number of nitrogens with one attached hydrogen (secondary N) is 2. The lowest BCUT2D eigenvalue weighted by molar-refractivity contribution is -0.122. The number of likely N-dealkylation sites (N-methyl/N-ethyl adjacent to an activating group) is 1. The number of hydrogen-bond donors (Lipinski definition) is 2. The maximum atomic E-state index is 13.1. The molecule has 1 atom stereocenters. The predicted octanol–water partition coefficient (Wildman–Crippen LogP) is 2.94. The van der Waals surface area contributed by atoms with E-state index in [1.54, 1.807) is 32.0 Å². The number of carbonyl (C=O) groups excluding carboxylic acids is 2. The molecule has 2 aromatic carbocycles. The van der Waals surface area contributed by atoms with Gasteiger partial charge >= 0.3 is 0 Å². The summed E-state index contributed by atoms with van der Waals surface area (Å²) in [5.74, 6) is -0.573. The third-order valence-electron chi connectivity index (χ3n) is 4.66. The molecule has 0 radical (unpaired) electrons. The maximum Gasteiger partial charge on any atom is 0.265 e. The molecule has 30 heavy (non-hydrogen) atoms. The second-order valence-corrected chi connectivity index (χ2v) is 9.58. The van der Waals surface area contributed by atoms with Gasteiger partial charge in [0.05, 0.1) is 27.8 Å². The maximum absolute atomic E-state index is 13.1. The van der Waals surface area contributed by atoms with Crippen LogP contribution in [-0.2, 0) is 19.6 Å². The van der Waals surface area contributed by atoms with E-state index in [1.807, 2.05) is 6.92 Å². The lowest BCUT2D eigenvalue weighted by Crippen LogP contribution is -2.36. The molecule has 0 fully saturated rings. The molecule has 2 N–H and O–H groups in total. The molecule has 2 aromatic rings. The summed E-state index contributed by atoms with van der Waals surface area (Å²) in [5.41, 5.74) is 2.17. The molecule has 1 heterocycles. The zero-order chi connectivity index (χ0) is 22.2. The summed E-state index contributed by atoms with van der Waals surface area (Å²) < 4.78 is 32.6. The first-order valence-corrected chi connectivity index (χ1v) is 11.0. The Morgan fingerprint density at radius 1 is 1.27 bits per heavy atom. The Morgan fingerprint density at radius 3 is 2.63 bits per heavy atom. The van der Waals surface area contributed by atoms with Crippen molar-refractivity contribution in [1.82, 2.24) is 4.31 Å². The molecule has 1 aliphatic heterocycles. The van der Waals surface area contributed by atoms with Crippen LogP contribution in [0, 0.1) is 13.8 Å². The predicted molar refractivity (Wildman–Crippen MR) is 115 cm³/mol. The number of fused-ring (bicyclic) bond motifs is 1. The van der Waals surface area contributed by atoms with E-state index in [4.69, 9.17) is 16.3 Å². The molecule has 160 valence electrons. The SMILES string of the molecule is Cc1ccc(NC(=O)CN(C)S(=O)(=O)c2cc3c(cc2C)NC(=O)[C@@H](C)O3)c(Cl)c1. The Bertz CT molecular complexity index is 1130. The Balaban J connectivity index is 1.80. The van der Waals surface area contributed by atoms with Crippen molar-refractivity contribution in [2.45, 2.75) is 31.8 Å². The lowest BCUT2D eigenvalue weighted by Gasteiger charge is -2.25. The van der Waals surface area contributed by atoms with Gasteiger partial charge in [0.2, 0.25) is 15.9 Å². The van der Waals surface area contributed by atoms with E-state index < -0.39 is 28.6 Å². The normalized spacial score (nSPS) is 15.9. The summed E-state index contributed by atoms with van der Waals surface area (Å²) in [6.45, 7) is 4.64. The van der Waals surface area contributed by atoms with Gasteiger partial charge in [-0.15, -0.1) is 0 Å².